The van der Waals surface area contributed by atoms with Gasteiger partial charge in [0.15, 0.2) is 0 Å². The van der Waals surface area contributed by atoms with Crippen molar-refractivity contribution < 1.29 is 0 Å². The minimum absolute atomic E-state index is 0.789. The molecular formula is C25H34. The van der Waals surface area contributed by atoms with Crippen molar-refractivity contribution in [2.75, 3.05) is 0 Å². The first-order valence-electron chi connectivity index (χ1n) is 10.5. The Balaban J connectivity index is 1.66. The maximum absolute atomic E-state index is 2.50. The molecule has 0 amide bonds. The summed E-state index contributed by atoms with van der Waals surface area (Å²) in [5.41, 5.74) is 5.86. The van der Waals surface area contributed by atoms with Crippen LogP contribution in [0, 0.1) is 5.92 Å². The normalized spacial score (nSPS) is 20.6. The average Bonchev–Trinajstić information content (AvgIpc) is 2.69. The van der Waals surface area contributed by atoms with Gasteiger partial charge >= 0.3 is 0 Å². The Morgan fingerprint density at radius 1 is 0.840 bits per heavy atom. The molecule has 0 spiro atoms. The molecule has 1 saturated carbocycles. The van der Waals surface area contributed by atoms with Gasteiger partial charge in [0.1, 0.15) is 0 Å². The van der Waals surface area contributed by atoms with E-state index in [9.17, 15) is 0 Å². The van der Waals surface area contributed by atoms with E-state index >= 15 is 0 Å². The van der Waals surface area contributed by atoms with Gasteiger partial charge in [-0.25, -0.2) is 0 Å². The fourth-order valence-electron chi connectivity index (χ4n) is 4.53. The van der Waals surface area contributed by atoms with Crippen molar-refractivity contribution >= 4 is 0 Å². The highest BCUT2D eigenvalue weighted by molar-refractivity contribution is 5.68. The molecule has 0 nitrogen and oxygen atoms in total. The molecule has 0 saturated heterocycles. The third kappa shape index (κ3) is 4.75. The predicted molar refractivity (Wildman–Crippen MR) is 110 cm³/mol. The van der Waals surface area contributed by atoms with Gasteiger partial charge in [-0.1, -0.05) is 88.1 Å². The van der Waals surface area contributed by atoms with Crippen molar-refractivity contribution in [3.63, 3.8) is 0 Å². The third-order valence-corrected chi connectivity index (χ3v) is 6.13. The lowest BCUT2D eigenvalue weighted by molar-refractivity contribution is 0.302. The Morgan fingerprint density at radius 2 is 1.60 bits per heavy atom. The van der Waals surface area contributed by atoms with Crippen LogP contribution in [-0.4, -0.2) is 0 Å². The quantitative estimate of drug-likeness (QED) is 0.454. The van der Waals surface area contributed by atoms with Gasteiger partial charge in [-0.15, -0.1) is 0 Å². The highest BCUT2D eigenvalue weighted by Crippen LogP contribution is 2.39. The molecule has 2 aromatic rings. The number of hydrogen-bond acceptors (Lipinski definition) is 0. The molecule has 2 aromatic carbocycles. The van der Waals surface area contributed by atoms with E-state index in [0.29, 0.717) is 0 Å². The zero-order valence-corrected chi connectivity index (χ0v) is 16.1. The maximum Gasteiger partial charge on any atom is -0.0152 e. The molecule has 1 aliphatic rings. The Bertz CT molecular complexity index is 632. The van der Waals surface area contributed by atoms with Crippen molar-refractivity contribution in [1.29, 1.82) is 0 Å². The standard InChI is InChI=1S/C25H34/c1-3-5-7-10-20-13-15-22(16-14-20)24-17-18-25(21(4-2)19-24)23-11-8-6-9-12-23/h6,8-9,11-12,17-20,22H,3-5,7,10,13-16H2,1-2H3. The number of aryl methyl sites for hydroxylation is 1. The fraction of sp³-hybridized carbons (Fsp3) is 0.520. The van der Waals surface area contributed by atoms with Gasteiger partial charge in [-0.2, -0.15) is 0 Å². The summed E-state index contributed by atoms with van der Waals surface area (Å²) in [6.07, 6.45) is 12.5. The van der Waals surface area contributed by atoms with Crippen molar-refractivity contribution in [2.45, 2.75) is 77.6 Å². The molecule has 0 radical (unpaired) electrons. The summed E-state index contributed by atoms with van der Waals surface area (Å²) in [6.45, 7) is 4.59. The molecule has 1 fully saturated rings. The first-order valence-corrected chi connectivity index (χ1v) is 10.5. The van der Waals surface area contributed by atoms with Crippen LogP contribution < -0.4 is 0 Å². The van der Waals surface area contributed by atoms with E-state index in [2.05, 4.69) is 62.4 Å². The SMILES string of the molecule is CCCCCC1CCC(c2ccc(-c3ccccc3)c(CC)c2)CC1. The summed E-state index contributed by atoms with van der Waals surface area (Å²) in [6, 6.07) is 18.1. The van der Waals surface area contributed by atoms with E-state index in [1.807, 2.05) is 0 Å². The fourth-order valence-corrected chi connectivity index (χ4v) is 4.53. The number of benzene rings is 2. The first-order chi connectivity index (χ1) is 12.3. The summed E-state index contributed by atoms with van der Waals surface area (Å²) >= 11 is 0. The Morgan fingerprint density at radius 3 is 2.28 bits per heavy atom. The second kappa shape index (κ2) is 9.22. The smallest absolute Gasteiger partial charge is 0.0152 e. The van der Waals surface area contributed by atoms with E-state index in [0.717, 1.165) is 18.3 Å². The van der Waals surface area contributed by atoms with Crippen molar-refractivity contribution in [3.05, 3.63) is 59.7 Å². The van der Waals surface area contributed by atoms with Crippen LogP contribution in [0.5, 0.6) is 0 Å². The second-order valence-electron chi connectivity index (χ2n) is 7.85. The lowest BCUT2D eigenvalue weighted by atomic mass is 9.76. The summed E-state index contributed by atoms with van der Waals surface area (Å²) in [5.74, 6) is 1.79. The van der Waals surface area contributed by atoms with E-state index in [-0.39, 0.29) is 0 Å². The second-order valence-corrected chi connectivity index (χ2v) is 7.85. The Kier molecular flexibility index (Phi) is 6.73. The van der Waals surface area contributed by atoms with E-state index < -0.39 is 0 Å². The zero-order chi connectivity index (χ0) is 17.5. The van der Waals surface area contributed by atoms with Crippen molar-refractivity contribution in [3.8, 4) is 11.1 Å². The predicted octanol–water partition coefficient (Wildman–Crippen LogP) is 7.77. The van der Waals surface area contributed by atoms with Gasteiger partial charge in [0, 0.05) is 0 Å². The third-order valence-electron chi connectivity index (χ3n) is 6.13. The van der Waals surface area contributed by atoms with E-state index in [4.69, 9.17) is 0 Å². The minimum atomic E-state index is 0.789. The summed E-state index contributed by atoms with van der Waals surface area (Å²) in [4.78, 5) is 0. The number of hydrogen-bond donors (Lipinski definition) is 0. The Labute approximate surface area is 154 Å². The highest BCUT2D eigenvalue weighted by Gasteiger charge is 2.22. The van der Waals surface area contributed by atoms with Crippen LogP contribution in [0.4, 0.5) is 0 Å². The van der Waals surface area contributed by atoms with Crippen LogP contribution >= 0.6 is 0 Å². The lowest BCUT2D eigenvalue weighted by Crippen LogP contribution is -2.13. The van der Waals surface area contributed by atoms with Crippen LogP contribution in [0.2, 0.25) is 0 Å². The molecule has 0 aliphatic heterocycles. The van der Waals surface area contributed by atoms with Crippen LogP contribution in [0.25, 0.3) is 11.1 Å². The number of rotatable bonds is 7. The molecule has 0 unspecified atom stereocenters. The molecule has 0 atom stereocenters. The van der Waals surface area contributed by atoms with Gasteiger partial charge in [-0.3, -0.25) is 0 Å². The lowest BCUT2D eigenvalue weighted by Gasteiger charge is -2.29. The largest absolute Gasteiger partial charge is 0.0654 e. The van der Waals surface area contributed by atoms with E-state index in [1.165, 1.54) is 68.1 Å². The average molecular weight is 335 g/mol. The van der Waals surface area contributed by atoms with Crippen LogP contribution in [0.3, 0.4) is 0 Å². The molecule has 0 bridgehead atoms. The molecule has 3 rings (SSSR count). The monoisotopic (exact) mass is 334 g/mol. The van der Waals surface area contributed by atoms with Gasteiger partial charge in [-0.05, 0) is 66.2 Å². The minimum Gasteiger partial charge on any atom is -0.0654 e. The summed E-state index contributed by atoms with van der Waals surface area (Å²) < 4.78 is 0. The maximum atomic E-state index is 2.50. The van der Waals surface area contributed by atoms with Crippen LogP contribution in [-0.2, 0) is 6.42 Å². The molecular weight excluding hydrogens is 300 g/mol. The first kappa shape index (κ1) is 18.2. The molecule has 0 N–H and O–H groups in total. The van der Waals surface area contributed by atoms with E-state index in [1.54, 1.807) is 5.56 Å². The summed E-state index contributed by atoms with van der Waals surface area (Å²) in [7, 11) is 0. The highest BCUT2D eigenvalue weighted by atomic mass is 14.3. The molecule has 0 heteroatoms. The molecule has 1 aliphatic carbocycles. The van der Waals surface area contributed by atoms with Crippen LogP contribution in [0.1, 0.15) is 82.3 Å². The summed E-state index contributed by atoms with van der Waals surface area (Å²) in [5, 5.41) is 0. The zero-order valence-electron chi connectivity index (χ0n) is 16.1. The van der Waals surface area contributed by atoms with Crippen molar-refractivity contribution in [1.82, 2.24) is 0 Å². The van der Waals surface area contributed by atoms with Gasteiger partial charge in [0.05, 0.1) is 0 Å². The Hall–Kier alpha value is -1.56. The van der Waals surface area contributed by atoms with Crippen LogP contribution in [0.15, 0.2) is 48.5 Å². The van der Waals surface area contributed by atoms with Gasteiger partial charge in [0.25, 0.3) is 0 Å². The molecule has 134 valence electrons. The topological polar surface area (TPSA) is 0 Å². The molecule has 25 heavy (non-hydrogen) atoms. The van der Waals surface area contributed by atoms with Crippen molar-refractivity contribution in [2.24, 2.45) is 5.92 Å². The van der Waals surface area contributed by atoms with Gasteiger partial charge in [0.2, 0.25) is 0 Å². The molecule has 0 heterocycles. The van der Waals surface area contributed by atoms with Gasteiger partial charge < -0.3 is 0 Å². The molecule has 0 aromatic heterocycles. The number of unbranched alkanes of at least 4 members (excludes halogenated alkanes) is 2.